The number of ether oxygens (including phenoxy) is 1. The second kappa shape index (κ2) is 6.72. The Hall–Kier alpha value is -2.87. The van der Waals surface area contributed by atoms with Gasteiger partial charge in [0.2, 0.25) is 0 Å². The first-order chi connectivity index (χ1) is 10.6. The molecule has 0 aliphatic carbocycles. The van der Waals surface area contributed by atoms with Crippen LogP contribution in [0.25, 0.3) is 10.8 Å². The summed E-state index contributed by atoms with van der Waals surface area (Å²) in [5.41, 5.74) is 0.762. The van der Waals surface area contributed by atoms with Crippen molar-refractivity contribution in [2.45, 2.75) is 19.9 Å². The van der Waals surface area contributed by atoms with Crippen molar-refractivity contribution in [3.05, 3.63) is 47.5 Å². The molecule has 5 heteroatoms. The maximum Gasteiger partial charge on any atom is 0.328 e. The number of rotatable bonds is 4. The molecule has 0 radical (unpaired) electrons. The van der Waals surface area contributed by atoms with Crippen LogP contribution >= 0.6 is 0 Å². The van der Waals surface area contributed by atoms with Gasteiger partial charge < -0.3 is 10.1 Å². The van der Waals surface area contributed by atoms with E-state index in [1.165, 1.54) is 6.07 Å². The molecule has 2 rings (SSSR count). The highest BCUT2D eigenvalue weighted by Crippen LogP contribution is 2.20. The molecule has 0 saturated carbocycles. The average Bonchev–Trinajstić information content (AvgIpc) is 2.53. The summed E-state index contributed by atoms with van der Waals surface area (Å²) in [6.07, 6.45) is 0. The topological polar surface area (TPSA) is 79.2 Å². The Bertz CT molecular complexity index is 762. The molecule has 0 unspecified atom stereocenters. The van der Waals surface area contributed by atoms with Crippen LogP contribution in [-0.2, 0) is 9.53 Å². The molecule has 0 bridgehead atoms. The molecule has 22 heavy (non-hydrogen) atoms. The maximum atomic E-state index is 12.2. The van der Waals surface area contributed by atoms with Gasteiger partial charge in [-0.3, -0.25) is 4.79 Å². The van der Waals surface area contributed by atoms with Crippen LogP contribution in [0.15, 0.2) is 36.4 Å². The minimum atomic E-state index is -0.746. The SMILES string of the molecule is CCOC(=O)[C@H](C)NC(=O)c1cc(C#N)c2ccccc2c1. The van der Waals surface area contributed by atoms with Crippen molar-refractivity contribution in [1.29, 1.82) is 5.26 Å². The number of amides is 1. The predicted octanol–water partition coefficient (Wildman–Crippen LogP) is 2.39. The van der Waals surface area contributed by atoms with Gasteiger partial charge in [0.25, 0.3) is 5.91 Å². The normalized spacial score (nSPS) is 11.5. The van der Waals surface area contributed by atoms with Gasteiger partial charge in [-0.1, -0.05) is 24.3 Å². The summed E-state index contributed by atoms with van der Waals surface area (Å²) in [6.45, 7) is 3.52. The number of benzene rings is 2. The monoisotopic (exact) mass is 296 g/mol. The molecule has 1 amide bonds. The van der Waals surface area contributed by atoms with E-state index < -0.39 is 17.9 Å². The molecule has 2 aromatic carbocycles. The lowest BCUT2D eigenvalue weighted by Crippen LogP contribution is -2.39. The molecule has 0 aromatic heterocycles. The summed E-state index contributed by atoms with van der Waals surface area (Å²) in [5, 5.41) is 13.4. The van der Waals surface area contributed by atoms with Crippen molar-refractivity contribution in [1.82, 2.24) is 5.32 Å². The lowest BCUT2D eigenvalue weighted by atomic mass is 10.0. The van der Waals surface area contributed by atoms with Gasteiger partial charge in [0.05, 0.1) is 18.2 Å². The first-order valence-corrected chi connectivity index (χ1v) is 6.97. The Morgan fingerprint density at radius 1 is 1.32 bits per heavy atom. The summed E-state index contributed by atoms with van der Waals surface area (Å²) < 4.78 is 4.85. The lowest BCUT2D eigenvalue weighted by Gasteiger charge is -2.13. The van der Waals surface area contributed by atoms with Crippen molar-refractivity contribution < 1.29 is 14.3 Å². The number of hydrogen-bond donors (Lipinski definition) is 1. The van der Waals surface area contributed by atoms with E-state index in [-0.39, 0.29) is 6.61 Å². The summed E-state index contributed by atoms with van der Waals surface area (Å²) in [5.74, 6) is -0.903. The number of nitrogens with one attached hydrogen (secondary N) is 1. The zero-order valence-electron chi connectivity index (χ0n) is 12.4. The quantitative estimate of drug-likeness (QED) is 0.879. The molecule has 0 aliphatic rings. The van der Waals surface area contributed by atoms with Gasteiger partial charge in [-0.15, -0.1) is 0 Å². The molecule has 112 valence electrons. The molecule has 1 N–H and O–H groups in total. The van der Waals surface area contributed by atoms with Crippen molar-refractivity contribution in [3.8, 4) is 6.07 Å². The first kappa shape index (κ1) is 15.5. The molecule has 0 fully saturated rings. The first-order valence-electron chi connectivity index (χ1n) is 6.97. The standard InChI is InChI=1S/C17H16N2O3/c1-3-22-17(21)11(2)19-16(20)13-8-12-6-4-5-7-15(12)14(9-13)10-18/h4-9,11H,3H2,1-2H3,(H,19,20)/t11-/m0/s1. The minimum Gasteiger partial charge on any atom is -0.464 e. The van der Waals surface area contributed by atoms with Crippen LogP contribution in [-0.4, -0.2) is 24.5 Å². The van der Waals surface area contributed by atoms with E-state index in [0.29, 0.717) is 11.1 Å². The van der Waals surface area contributed by atoms with Gasteiger partial charge in [0.1, 0.15) is 6.04 Å². The smallest absolute Gasteiger partial charge is 0.328 e. The molecule has 0 heterocycles. The molecule has 0 spiro atoms. The summed E-state index contributed by atoms with van der Waals surface area (Å²) in [6, 6.07) is 11.9. The van der Waals surface area contributed by atoms with Crippen LogP contribution in [0.1, 0.15) is 29.8 Å². The number of carbonyl (C=O) groups is 2. The number of esters is 1. The number of carbonyl (C=O) groups excluding carboxylic acids is 2. The van der Waals surface area contributed by atoms with E-state index in [4.69, 9.17) is 4.74 Å². The Morgan fingerprint density at radius 2 is 2.05 bits per heavy atom. The zero-order chi connectivity index (χ0) is 16.1. The lowest BCUT2D eigenvalue weighted by molar-refractivity contribution is -0.144. The van der Waals surface area contributed by atoms with Crippen molar-refractivity contribution >= 4 is 22.6 Å². The van der Waals surface area contributed by atoms with Crippen molar-refractivity contribution in [2.75, 3.05) is 6.61 Å². The van der Waals surface area contributed by atoms with E-state index in [1.54, 1.807) is 19.9 Å². The zero-order valence-corrected chi connectivity index (χ0v) is 12.4. The molecular formula is C17H16N2O3. The summed E-state index contributed by atoms with van der Waals surface area (Å²) >= 11 is 0. The molecule has 5 nitrogen and oxygen atoms in total. The largest absolute Gasteiger partial charge is 0.464 e. The van der Waals surface area contributed by atoms with Gasteiger partial charge in [-0.2, -0.15) is 5.26 Å². The van der Waals surface area contributed by atoms with Crippen LogP contribution in [0.3, 0.4) is 0 Å². The van der Waals surface area contributed by atoms with Gasteiger partial charge in [0, 0.05) is 5.56 Å². The molecule has 0 aliphatic heterocycles. The average molecular weight is 296 g/mol. The van der Waals surface area contributed by atoms with E-state index in [0.717, 1.165) is 10.8 Å². The predicted molar refractivity (Wildman–Crippen MR) is 82.2 cm³/mol. The van der Waals surface area contributed by atoms with Crippen LogP contribution in [0.4, 0.5) is 0 Å². The van der Waals surface area contributed by atoms with Crippen LogP contribution in [0.2, 0.25) is 0 Å². The highest BCUT2D eigenvalue weighted by Gasteiger charge is 2.18. The number of nitriles is 1. The van der Waals surface area contributed by atoms with Crippen molar-refractivity contribution in [3.63, 3.8) is 0 Å². The van der Waals surface area contributed by atoms with Crippen molar-refractivity contribution in [2.24, 2.45) is 0 Å². The van der Waals surface area contributed by atoms with Gasteiger partial charge >= 0.3 is 5.97 Å². The fourth-order valence-electron chi connectivity index (χ4n) is 2.14. The van der Waals surface area contributed by atoms with Gasteiger partial charge in [-0.05, 0) is 36.8 Å². The fraction of sp³-hybridized carbons (Fsp3) is 0.235. The fourth-order valence-corrected chi connectivity index (χ4v) is 2.14. The number of hydrogen-bond acceptors (Lipinski definition) is 4. The Morgan fingerprint density at radius 3 is 2.73 bits per heavy atom. The number of nitrogens with zero attached hydrogens (tertiary/aromatic N) is 1. The Kier molecular flexibility index (Phi) is 4.74. The van der Waals surface area contributed by atoms with E-state index >= 15 is 0 Å². The summed E-state index contributed by atoms with van der Waals surface area (Å²) in [7, 11) is 0. The van der Waals surface area contributed by atoms with Gasteiger partial charge in [0.15, 0.2) is 0 Å². The van der Waals surface area contributed by atoms with Crippen LogP contribution in [0, 0.1) is 11.3 Å². The summed E-state index contributed by atoms with van der Waals surface area (Å²) in [4.78, 5) is 23.8. The molecule has 2 aromatic rings. The van der Waals surface area contributed by atoms with E-state index in [9.17, 15) is 14.9 Å². The van der Waals surface area contributed by atoms with E-state index in [2.05, 4.69) is 11.4 Å². The third-order valence-corrected chi connectivity index (χ3v) is 3.23. The van der Waals surface area contributed by atoms with Crippen LogP contribution < -0.4 is 5.32 Å². The van der Waals surface area contributed by atoms with Gasteiger partial charge in [-0.25, -0.2) is 4.79 Å². The highest BCUT2D eigenvalue weighted by atomic mass is 16.5. The molecular weight excluding hydrogens is 280 g/mol. The Balaban J connectivity index is 2.29. The van der Waals surface area contributed by atoms with Crippen LogP contribution in [0.5, 0.6) is 0 Å². The maximum absolute atomic E-state index is 12.2. The highest BCUT2D eigenvalue weighted by molar-refractivity contribution is 6.01. The Labute approximate surface area is 128 Å². The second-order valence-corrected chi connectivity index (χ2v) is 4.80. The third kappa shape index (κ3) is 3.23. The van der Waals surface area contributed by atoms with E-state index in [1.807, 2.05) is 24.3 Å². The molecule has 0 saturated heterocycles. The number of fused-ring (bicyclic) bond motifs is 1. The minimum absolute atomic E-state index is 0.258. The second-order valence-electron chi connectivity index (χ2n) is 4.80. The molecule has 1 atom stereocenters. The third-order valence-electron chi connectivity index (χ3n) is 3.23.